The maximum absolute atomic E-state index is 12.4. The molecule has 0 bridgehead atoms. The molecule has 0 aliphatic carbocycles. The second kappa shape index (κ2) is 7.77. The maximum atomic E-state index is 12.4. The first-order valence-corrected chi connectivity index (χ1v) is 9.89. The number of pyridine rings is 1. The number of piperidine rings is 1. The second-order valence-electron chi connectivity index (χ2n) is 7.47. The average molecular weight is 386 g/mol. The molecule has 2 aliphatic heterocycles. The summed E-state index contributed by atoms with van der Waals surface area (Å²) in [6.45, 7) is 4.87. The van der Waals surface area contributed by atoms with Gasteiger partial charge in [0.1, 0.15) is 11.6 Å². The third kappa shape index (κ3) is 4.19. The smallest absolute Gasteiger partial charge is 0.261 e. The SMILES string of the molecule is CC1CCN(c2ccc(CNC(=O)C3Cc4cc(Cl)ccc4O3)cn2)CC1. The molecule has 1 atom stereocenters. The Kier molecular flexibility index (Phi) is 5.21. The lowest BCUT2D eigenvalue weighted by Crippen LogP contribution is -2.37. The van der Waals surface area contributed by atoms with Crippen LogP contribution in [0.2, 0.25) is 5.02 Å². The zero-order valence-electron chi connectivity index (χ0n) is 15.5. The van der Waals surface area contributed by atoms with Crippen molar-refractivity contribution in [3.05, 3.63) is 52.7 Å². The van der Waals surface area contributed by atoms with Gasteiger partial charge in [0.2, 0.25) is 0 Å². The minimum atomic E-state index is -0.499. The number of carbonyl (C=O) groups is 1. The predicted molar refractivity (Wildman–Crippen MR) is 106 cm³/mol. The molecule has 1 aromatic heterocycles. The highest BCUT2D eigenvalue weighted by Gasteiger charge is 2.29. The Morgan fingerprint density at radius 2 is 2.11 bits per heavy atom. The van der Waals surface area contributed by atoms with Gasteiger partial charge in [-0.3, -0.25) is 4.79 Å². The summed E-state index contributed by atoms with van der Waals surface area (Å²) in [5.74, 6) is 2.44. The summed E-state index contributed by atoms with van der Waals surface area (Å²) >= 11 is 6.00. The molecule has 1 fully saturated rings. The number of benzene rings is 1. The molecule has 3 heterocycles. The lowest BCUT2D eigenvalue weighted by atomic mass is 9.99. The molecule has 1 amide bonds. The first kappa shape index (κ1) is 18.1. The normalized spacial score (nSPS) is 19.5. The van der Waals surface area contributed by atoms with Crippen molar-refractivity contribution in [3.63, 3.8) is 0 Å². The molecule has 2 aromatic rings. The molecule has 0 radical (unpaired) electrons. The van der Waals surface area contributed by atoms with Gasteiger partial charge in [-0.2, -0.15) is 0 Å². The minimum Gasteiger partial charge on any atom is -0.480 e. The number of anilines is 1. The number of carbonyl (C=O) groups excluding carboxylic acids is 1. The molecule has 1 aromatic carbocycles. The summed E-state index contributed by atoms with van der Waals surface area (Å²) in [5, 5.41) is 3.60. The van der Waals surface area contributed by atoms with E-state index in [-0.39, 0.29) is 5.91 Å². The minimum absolute atomic E-state index is 0.114. The van der Waals surface area contributed by atoms with Crippen molar-refractivity contribution in [3.8, 4) is 5.75 Å². The van der Waals surface area contributed by atoms with Gasteiger partial charge in [0.25, 0.3) is 5.91 Å². The molecule has 1 saturated heterocycles. The molecular weight excluding hydrogens is 362 g/mol. The van der Waals surface area contributed by atoms with E-state index in [0.29, 0.717) is 18.0 Å². The highest BCUT2D eigenvalue weighted by atomic mass is 35.5. The van der Waals surface area contributed by atoms with Gasteiger partial charge in [0, 0.05) is 37.3 Å². The third-order valence-electron chi connectivity index (χ3n) is 5.37. The number of fused-ring (bicyclic) bond motifs is 1. The largest absolute Gasteiger partial charge is 0.480 e. The van der Waals surface area contributed by atoms with Crippen LogP contribution in [0.4, 0.5) is 5.82 Å². The van der Waals surface area contributed by atoms with Crippen molar-refractivity contribution in [1.29, 1.82) is 0 Å². The number of aromatic nitrogens is 1. The molecule has 1 unspecified atom stereocenters. The quantitative estimate of drug-likeness (QED) is 0.873. The second-order valence-corrected chi connectivity index (χ2v) is 7.91. The average Bonchev–Trinajstić information content (AvgIpc) is 3.10. The van der Waals surface area contributed by atoms with E-state index in [4.69, 9.17) is 16.3 Å². The highest BCUT2D eigenvalue weighted by Crippen LogP contribution is 2.31. The molecule has 6 heteroatoms. The van der Waals surface area contributed by atoms with E-state index in [0.717, 1.165) is 41.7 Å². The van der Waals surface area contributed by atoms with E-state index in [1.165, 1.54) is 12.8 Å². The van der Waals surface area contributed by atoms with Gasteiger partial charge in [0.15, 0.2) is 6.10 Å². The Labute approximate surface area is 164 Å². The molecule has 27 heavy (non-hydrogen) atoms. The van der Waals surface area contributed by atoms with Gasteiger partial charge in [-0.05, 0) is 54.2 Å². The number of hydrogen-bond acceptors (Lipinski definition) is 4. The number of hydrogen-bond donors (Lipinski definition) is 1. The van der Waals surface area contributed by atoms with Crippen LogP contribution in [0, 0.1) is 5.92 Å². The molecule has 5 nitrogen and oxygen atoms in total. The molecule has 2 aliphatic rings. The summed E-state index contributed by atoms with van der Waals surface area (Å²) in [7, 11) is 0. The van der Waals surface area contributed by atoms with Crippen molar-refractivity contribution in [1.82, 2.24) is 10.3 Å². The van der Waals surface area contributed by atoms with E-state index in [9.17, 15) is 4.79 Å². The van der Waals surface area contributed by atoms with Crippen LogP contribution in [-0.4, -0.2) is 30.1 Å². The lowest BCUT2D eigenvalue weighted by Gasteiger charge is -2.31. The van der Waals surface area contributed by atoms with Crippen LogP contribution < -0.4 is 15.0 Å². The van der Waals surface area contributed by atoms with E-state index < -0.39 is 6.10 Å². The van der Waals surface area contributed by atoms with Crippen LogP contribution in [0.15, 0.2) is 36.5 Å². The van der Waals surface area contributed by atoms with Crippen LogP contribution in [0.1, 0.15) is 30.9 Å². The van der Waals surface area contributed by atoms with Crippen molar-refractivity contribution in [2.45, 2.75) is 38.8 Å². The van der Waals surface area contributed by atoms with Crippen molar-refractivity contribution >= 4 is 23.3 Å². The zero-order valence-corrected chi connectivity index (χ0v) is 16.2. The fourth-order valence-corrected chi connectivity index (χ4v) is 3.81. The van der Waals surface area contributed by atoms with Crippen molar-refractivity contribution in [2.75, 3.05) is 18.0 Å². The van der Waals surface area contributed by atoms with Crippen LogP contribution in [0.3, 0.4) is 0 Å². The number of halogens is 1. The van der Waals surface area contributed by atoms with E-state index in [2.05, 4.69) is 22.1 Å². The molecular formula is C21H24ClN3O2. The first-order valence-electron chi connectivity index (χ1n) is 9.51. The fourth-order valence-electron chi connectivity index (χ4n) is 3.61. The molecule has 0 saturated carbocycles. The summed E-state index contributed by atoms with van der Waals surface area (Å²) in [4.78, 5) is 19.3. The Morgan fingerprint density at radius 1 is 1.30 bits per heavy atom. The van der Waals surface area contributed by atoms with Crippen LogP contribution >= 0.6 is 11.6 Å². The zero-order chi connectivity index (χ0) is 18.8. The van der Waals surface area contributed by atoms with E-state index >= 15 is 0 Å². The van der Waals surface area contributed by atoms with Gasteiger partial charge in [-0.1, -0.05) is 24.6 Å². The molecule has 0 spiro atoms. The topological polar surface area (TPSA) is 54.5 Å². The maximum Gasteiger partial charge on any atom is 0.261 e. The highest BCUT2D eigenvalue weighted by molar-refractivity contribution is 6.30. The summed E-state index contributed by atoms with van der Waals surface area (Å²) in [6, 6.07) is 9.52. The Morgan fingerprint density at radius 3 is 2.85 bits per heavy atom. The third-order valence-corrected chi connectivity index (χ3v) is 5.61. The monoisotopic (exact) mass is 385 g/mol. The van der Waals surface area contributed by atoms with Gasteiger partial charge < -0.3 is 15.0 Å². The molecule has 4 rings (SSSR count). The summed E-state index contributed by atoms with van der Waals surface area (Å²) in [5.41, 5.74) is 1.96. The standard InChI is InChI=1S/C21H24ClN3O2/c1-14-6-8-25(9-7-14)20-5-2-15(12-23-20)13-24-21(26)19-11-16-10-17(22)3-4-18(16)27-19/h2-5,10,12,14,19H,6-9,11,13H2,1H3,(H,24,26). The number of ether oxygens (including phenoxy) is 1. The number of nitrogens with zero attached hydrogens (tertiary/aromatic N) is 2. The Hall–Kier alpha value is -2.27. The Bertz CT molecular complexity index is 817. The number of amides is 1. The van der Waals surface area contributed by atoms with Gasteiger partial charge in [0.05, 0.1) is 0 Å². The fraction of sp³-hybridized carbons (Fsp3) is 0.429. The van der Waals surface area contributed by atoms with Gasteiger partial charge >= 0.3 is 0 Å². The van der Waals surface area contributed by atoms with E-state index in [1.54, 1.807) is 6.07 Å². The van der Waals surface area contributed by atoms with Crippen LogP contribution in [-0.2, 0) is 17.8 Å². The molecule has 142 valence electrons. The van der Waals surface area contributed by atoms with Crippen LogP contribution in [0.5, 0.6) is 5.75 Å². The van der Waals surface area contributed by atoms with Gasteiger partial charge in [-0.15, -0.1) is 0 Å². The summed E-state index contributed by atoms with van der Waals surface area (Å²) < 4.78 is 5.73. The molecule has 1 N–H and O–H groups in total. The lowest BCUT2D eigenvalue weighted by molar-refractivity contribution is -0.127. The van der Waals surface area contributed by atoms with Crippen molar-refractivity contribution in [2.24, 2.45) is 5.92 Å². The summed E-state index contributed by atoms with van der Waals surface area (Å²) in [6.07, 6.45) is 4.33. The number of rotatable bonds is 4. The van der Waals surface area contributed by atoms with Crippen LogP contribution in [0.25, 0.3) is 0 Å². The van der Waals surface area contributed by atoms with Gasteiger partial charge in [-0.25, -0.2) is 4.98 Å². The Balaban J connectivity index is 1.29. The first-order chi connectivity index (χ1) is 13.1. The predicted octanol–water partition coefficient (Wildman–Crippen LogP) is 3.59. The van der Waals surface area contributed by atoms with E-state index in [1.807, 2.05) is 30.5 Å². The number of nitrogens with one attached hydrogen (secondary N) is 1. The van der Waals surface area contributed by atoms with Crippen molar-refractivity contribution < 1.29 is 9.53 Å².